The number of carbonyl (C=O) groups excluding carboxylic acids is 2. The van der Waals surface area contributed by atoms with Gasteiger partial charge in [-0.15, -0.1) is 6.42 Å². The van der Waals surface area contributed by atoms with Gasteiger partial charge in [0.15, 0.2) is 12.4 Å². The van der Waals surface area contributed by atoms with E-state index in [1.807, 2.05) is 0 Å². The lowest BCUT2D eigenvalue weighted by atomic mass is 10.1. The number of terminal acetylenes is 1. The van der Waals surface area contributed by atoms with Gasteiger partial charge in [0, 0.05) is 12.1 Å². The van der Waals surface area contributed by atoms with Crippen molar-refractivity contribution in [2.75, 3.05) is 13.2 Å². The predicted molar refractivity (Wildman–Crippen MR) is 70.4 cm³/mol. The molecule has 0 bridgehead atoms. The fourth-order valence-corrected chi connectivity index (χ4v) is 1.38. The highest BCUT2D eigenvalue weighted by Gasteiger charge is 2.15. The lowest BCUT2D eigenvalue weighted by Gasteiger charge is -2.09. The molecule has 104 valence electrons. The highest BCUT2D eigenvalue weighted by molar-refractivity contribution is 5.97. The van der Waals surface area contributed by atoms with E-state index in [0.29, 0.717) is 0 Å². The summed E-state index contributed by atoms with van der Waals surface area (Å²) in [6, 6.07) is 3.58. The van der Waals surface area contributed by atoms with E-state index in [9.17, 15) is 19.7 Å². The van der Waals surface area contributed by atoms with Gasteiger partial charge in [-0.3, -0.25) is 19.7 Å². The normalized spacial score (nSPS) is 9.40. The Hall–Kier alpha value is -2.88. The predicted octanol–water partition coefficient (Wildman–Crippen LogP) is 0.926. The molecule has 1 N–H and O–H groups in total. The summed E-state index contributed by atoms with van der Waals surface area (Å²) >= 11 is 0. The van der Waals surface area contributed by atoms with Gasteiger partial charge in [-0.25, -0.2) is 0 Å². The van der Waals surface area contributed by atoms with E-state index >= 15 is 0 Å². The van der Waals surface area contributed by atoms with Gasteiger partial charge in [0.05, 0.1) is 17.0 Å². The second kappa shape index (κ2) is 6.89. The van der Waals surface area contributed by atoms with Crippen LogP contribution in [0.2, 0.25) is 0 Å². The zero-order valence-electron chi connectivity index (χ0n) is 10.7. The summed E-state index contributed by atoms with van der Waals surface area (Å²) in [4.78, 5) is 32.8. The number of Topliss-reactive ketones (excluding diaryl/α,β-unsaturated/α-hetero) is 1. The van der Waals surface area contributed by atoms with Gasteiger partial charge in [-0.2, -0.15) is 0 Å². The van der Waals surface area contributed by atoms with E-state index in [-0.39, 0.29) is 30.2 Å². The molecule has 0 radical (unpaired) electrons. The van der Waals surface area contributed by atoms with Gasteiger partial charge in [0.1, 0.15) is 5.75 Å². The first-order chi connectivity index (χ1) is 9.45. The number of carbonyl (C=O) groups is 2. The Morgan fingerprint density at radius 1 is 1.50 bits per heavy atom. The number of amides is 1. The Balaban J connectivity index is 2.85. The van der Waals surface area contributed by atoms with Crippen molar-refractivity contribution in [3.05, 3.63) is 33.9 Å². The number of nitro groups is 1. The number of benzene rings is 1. The molecule has 0 heterocycles. The molecule has 0 spiro atoms. The first-order valence-corrected chi connectivity index (χ1v) is 5.58. The lowest BCUT2D eigenvalue weighted by Crippen LogP contribution is -2.29. The summed E-state index contributed by atoms with van der Waals surface area (Å²) < 4.78 is 5.17. The van der Waals surface area contributed by atoms with Crippen LogP contribution in [0.15, 0.2) is 18.2 Å². The summed E-state index contributed by atoms with van der Waals surface area (Å²) in [7, 11) is 0. The molecule has 0 aromatic heterocycles. The summed E-state index contributed by atoms with van der Waals surface area (Å²) in [6.45, 7) is 0.992. The Morgan fingerprint density at radius 3 is 2.75 bits per heavy atom. The first-order valence-electron chi connectivity index (χ1n) is 5.58. The third-order valence-electron chi connectivity index (χ3n) is 2.30. The molecule has 1 aromatic carbocycles. The third kappa shape index (κ3) is 4.10. The molecule has 0 fully saturated rings. The smallest absolute Gasteiger partial charge is 0.270 e. The molecular weight excluding hydrogens is 264 g/mol. The minimum absolute atomic E-state index is 0.0453. The van der Waals surface area contributed by atoms with Crippen LogP contribution >= 0.6 is 0 Å². The summed E-state index contributed by atoms with van der Waals surface area (Å²) in [5, 5.41) is 13.0. The van der Waals surface area contributed by atoms with Gasteiger partial charge in [-0.05, 0) is 13.0 Å². The van der Waals surface area contributed by atoms with Crippen molar-refractivity contribution in [1.82, 2.24) is 5.32 Å². The molecule has 0 aliphatic carbocycles. The molecule has 0 aliphatic rings. The number of nitrogens with zero attached hydrogens (tertiary/aromatic N) is 1. The van der Waals surface area contributed by atoms with Crippen LogP contribution in [0.1, 0.15) is 17.3 Å². The molecule has 1 amide bonds. The van der Waals surface area contributed by atoms with Crippen molar-refractivity contribution in [2.45, 2.75) is 6.92 Å². The molecule has 20 heavy (non-hydrogen) atoms. The molecule has 1 rings (SSSR count). The van der Waals surface area contributed by atoms with Crippen LogP contribution in [0, 0.1) is 22.5 Å². The van der Waals surface area contributed by atoms with Gasteiger partial charge < -0.3 is 10.1 Å². The Morgan fingerprint density at radius 2 is 2.20 bits per heavy atom. The number of nitro benzene ring substituents is 1. The number of nitrogens with one attached hydrogen (secondary N) is 1. The molecule has 0 aliphatic heterocycles. The van der Waals surface area contributed by atoms with Crippen molar-refractivity contribution in [3.63, 3.8) is 0 Å². The largest absolute Gasteiger partial charge is 0.483 e. The second-order valence-corrected chi connectivity index (χ2v) is 3.76. The van der Waals surface area contributed by atoms with Crippen LogP contribution in [0.25, 0.3) is 0 Å². The average molecular weight is 276 g/mol. The van der Waals surface area contributed by atoms with Gasteiger partial charge in [0.2, 0.25) is 0 Å². The van der Waals surface area contributed by atoms with Crippen molar-refractivity contribution < 1.29 is 19.2 Å². The molecule has 0 saturated heterocycles. The van der Waals surface area contributed by atoms with Crippen LogP contribution in [0.5, 0.6) is 5.75 Å². The summed E-state index contributed by atoms with van der Waals surface area (Å²) in [5.74, 6) is 1.50. The Kier molecular flexibility index (Phi) is 5.23. The van der Waals surface area contributed by atoms with Crippen LogP contribution < -0.4 is 10.1 Å². The fourth-order valence-electron chi connectivity index (χ4n) is 1.38. The zero-order chi connectivity index (χ0) is 15.1. The summed E-state index contributed by atoms with van der Waals surface area (Å²) in [6.07, 6.45) is 4.98. The Labute approximate surface area is 115 Å². The van der Waals surface area contributed by atoms with Gasteiger partial charge >= 0.3 is 0 Å². The lowest BCUT2D eigenvalue weighted by molar-refractivity contribution is -0.384. The number of hydrogen-bond donors (Lipinski definition) is 1. The Bertz CT molecular complexity index is 589. The highest BCUT2D eigenvalue weighted by atomic mass is 16.6. The van der Waals surface area contributed by atoms with E-state index in [4.69, 9.17) is 11.2 Å². The minimum atomic E-state index is -0.615. The van der Waals surface area contributed by atoms with Crippen molar-refractivity contribution in [3.8, 4) is 18.1 Å². The SMILES string of the molecule is C#CCNC(=O)COc1ccc([N+](=O)[O-])cc1C(C)=O. The number of ether oxygens (including phenoxy) is 1. The van der Waals surface area contributed by atoms with Crippen molar-refractivity contribution in [2.24, 2.45) is 0 Å². The van der Waals surface area contributed by atoms with Gasteiger partial charge in [0.25, 0.3) is 11.6 Å². The fraction of sp³-hybridized carbons (Fsp3) is 0.231. The first kappa shape index (κ1) is 15.2. The molecule has 0 saturated carbocycles. The monoisotopic (exact) mass is 276 g/mol. The van der Waals surface area contributed by atoms with E-state index in [1.165, 1.54) is 19.1 Å². The van der Waals surface area contributed by atoms with Crippen LogP contribution in [-0.4, -0.2) is 29.8 Å². The highest BCUT2D eigenvalue weighted by Crippen LogP contribution is 2.24. The number of rotatable bonds is 6. The van der Waals surface area contributed by atoms with E-state index in [0.717, 1.165) is 6.07 Å². The third-order valence-corrected chi connectivity index (χ3v) is 2.30. The standard InChI is InChI=1S/C13H12N2O5/c1-3-6-14-13(17)8-20-12-5-4-10(15(18)19)7-11(12)9(2)16/h1,4-5,7H,6,8H2,2H3,(H,14,17). The second-order valence-electron chi connectivity index (χ2n) is 3.76. The van der Waals surface area contributed by atoms with E-state index in [1.54, 1.807) is 0 Å². The molecule has 0 atom stereocenters. The zero-order valence-corrected chi connectivity index (χ0v) is 10.7. The average Bonchev–Trinajstić information content (AvgIpc) is 2.42. The molecule has 1 aromatic rings. The maximum Gasteiger partial charge on any atom is 0.270 e. The quantitative estimate of drug-likeness (QED) is 0.360. The van der Waals surface area contributed by atoms with Crippen LogP contribution in [0.4, 0.5) is 5.69 Å². The minimum Gasteiger partial charge on any atom is -0.483 e. The number of ketones is 1. The van der Waals surface area contributed by atoms with Crippen LogP contribution in [0.3, 0.4) is 0 Å². The van der Waals surface area contributed by atoms with Crippen molar-refractivity contribution >= 4 is 17.4 Å². The molecule has 0 unspecified atom stereocenters. The molecular formula is C13H12N2O5. The topological polar surface area (TPSA) is 98.5 Å². The van der Waals surface area contributed by atoms with E-state index < -0.39 is 16.6 Å². The van der Waals surface area contributed by atoms with Crippen LogP contribution in [-0.2, 0) is 4.79 Å². The van der Waals surface area contributed by atoms with Crippen molar-refractivity contribution in [1.29, 1.82) is 0 Å². The number of hydrogen-bond acceptors (Lipinski definition) is 5. The van der Waals surface area contributed by atoms with E-state index in [2.05, 4.69) is 11.2 Å². The summed E-state index contributed by atoms with van der Waals surface area (Å²) in [5.41, 5.74) is -0.178. The maximum atomic E-state index is 11.4. The molecule has 7 heteroatoms. The maximum absolute atomic E-state index is 11.4. The number of non-ortho nitro benzene ring substituents is 1. The van der Waals surface area contributed by atoms with Gasteiger partial charge in [-0.1, -0.05) is 5.92 Å². The molecule has 7 nitrogen and oxygen atoms in total.